The average Bonchev–Trinajstić information content (AvgIpc) is 2.97. The molecule has 3 nitrogen and oxygen atoms in total. The fraction of sp³-hybridized carbons (Fsp3) is 0.400. The molecule has 2 aromatic rings. The average molecular weight is 241 g/mol. The second-order valence-electron chi connectivity index (χ2n) is 4.86. The van der Waals surface area contributed by atoms with Crippen molar-refractivity contribution in [2.24, 2.45) is 7.05 Å². The van der Waals surface area contributed by atoms with Crippen LogP contribution in [-0.4, -0.2) is 16.3 Å². The fourth-order valence-corrected chi connectivity index (χ4v) is 2.99. The van der Waals surface area contributed by atoms with E-state index in [0.717, 1.165) is 13.0 Å². The third-order valence-corrected chi connectivity index (χ3v) is 3.82. The first kappa shape index (κ1) is 11.5. The number of hydrogen-bond acceptors (Lipinski definition) is 2. The van der Waals surface area contributed by atoms with Crippen LogP contribution in [0.4, 0.5) is 0 Å². The minimum atomic E-state index is 0.526. The molecule has 0 aliphatic heterocycles. The third kappa shape index (κ3) is 1.75. The van der Waals surface area contributed by atoms with Crippen molar-refractivity contribution in [1.82, 2.24) is 15.1 Å². The molecule has 0 spiro atoms. The van der Waals surface area contributed by atoms with Crippen LogP contribution in [0.25, 0.3) is 11.3 Å². The lowest BCUT2D eigenvalue weighted by Crippen LogP contribution is -2.18. The number of nitrogens with zero attached hydrogens (tertiary/aromatic N) is 2. The van der Waals surface area contributed by atoms with Crippen LogP contribution in [0.1, 0.15) is 30.5 Å². The molecule has 1 aliphatic rings. The Labute approximate surface area is 108 Å². The quantitative estimate of drug-likeness (QED) is 0.895. The van der Waals surface area contributed by atoms with Crippen LogP contribution in [0.15, 0.2) is 30.5 Å². The summed E-state index contributed by atoms with van der Waals surface area (Å²) in [5.74, 6) is 0. The Hall–Kier alpha value is -1.61. The van der Waals surface area contributed by atoms with Gasteiger partial charge in [0, 0.05) is 24.8 Å². The number of hydrogen-bond donors (Lipinski definition) is 1. The SMILES string of the molecule is CCNC1CCc2c(-c3ccnn3C)cccc21. The summed E-state index contributed by atoms with van der Waals surface area (Å²) >= 11 is 0. The summed E-state index contributed by atoms with van der Waals surface area (Å²) in [4.78, 5) is 0. The van der Waals surface area contributed by atoms with Crippen LogP contribution in [0.5, 0.6) is 0 Å². The van der Waals surface area contributed by atoms with Gasteiger partial charge in [0.05, 0.1) is 5.69 Å². The first-order valence-corrected chi connectivity index (χ1v) is 6.64. The van der Waals surface area contributed by atoms with Gasteiger partial charge in [0.25, 0.3) is 0 Å². The lowest BCUT2D eigenvalue weighted by molar-refractivity contribution is 0.549. The van der Waals surface area contributed by atoms with E-state index < -0.39 is 0 Å². The van der Waals surface area contributed by atoms with Crippen molar-refractivity contribution in [1.29, 1.82) is 0 Å². The van der Waals surface area contributed by atoms with Crippen molar-refractivity contribution in [2.75, 3.05) is 6.54 Å². The summed E-state index contributed by atoms with van der Waals surface area (Å²) < 4.78 is 1.95. The number of rotatable bonds is 3. The number of aryl methyl sites for hydroxylation is 1. The van der Waals surface area contributed by atoms with E-state index >= 15 is 0 Å². The maximum Gasteiger partial charge on any atom is 0.0681 e. The summed E-state index contributed by atoms with van der Waals surface area (Å²) in [6, 6.07) is 9.25. The van der Waals surface area contributed by atoms with E-state index in [4.69, 9.17) is 0 Å². The van der Waals surface area contributed by atoms with E-state index in [1.807, 2.05) is 17.9 Å². The normalized spacial score (nSPS) is 18.0. The van der Waals surface area contributed by atoms with Gasteiger partial charge in [-0.05, 0) is 36.6 Å². The molecule has 94 valence electrons. The first-order chi connectivity index (χ1) is 8.81. The predicted octanol–water partition coefficient (Wildman–Crippen LogP) is 2.68. The van der Waals surface area contributed by atoms with Gasteiger partial charge in [0.15, 0.2) is 0 Å². The van der Waals surface area contributed by atoms with E-state index in [9.17, 15) is 0 Å². The Morgan fingerprint density at radius 3 is 3.00 bits per heavy atom. The number of benzene rings is 1. The van der Waals surface area contributed by atoms with Crippen LogP contribution in [0.3, 0.4) is 0 Å². The minimum Gasteiger partial charge on any atom is -0.310 e. The summed E-state index contributed by atoms with van der Waals surface area (Å²) in [6.45, 7) is 3.20. The topological polar surface area (TPSA) is 29.9 Å². The van der Waals surface area contributed by atoms with Gasteiger partial charge in [-0.3, -0.25) is 4.68 Å². The molecule has 0 saturated heterocycles. The third-order valence-electron chi connectivity index (χ3n) is 3.82. The van der Waals surface area contributed by atoms with Gasteiger partial charge >= 0.3 is 0 Å². The van der Waals surface area contributed by atoms with E-state index in [1.165, 1.54) is 28.8 Å². The Morgan fingerprint density at radius 1 is 1.39 bits per heavy atom. The molecule has 3 heteroatoms. The Morgan fingerprint density at radius 2 is 2.28 bits per heavy atom. The minimum absolute atomic E-state index is 0.526. The predicted molar refractivity (Wildman–Crippen MR) is 73.4 cm³/mol. The van der Waals surface area contributed by atoms with Gasteiger partial charge in [-0.1, -0.05) is 25.1 Å². The molecule has 1 aromatic carbocycles. The van der Waals surface area contributed by atoms with Crippen molar-refractivity contribution in [3.63, 3.8) is 0 Å². The maximum atomic E-state index is 4.27. The monoisotopic (exact) mass is 241 g/mol. The Kier molecular flexibility index (Phi) is 2.92. The molecule has 1 aliphatic carbocycles. The van der Waals surface area contributed by atoms with Crippen LogP contribution < -0.4 is 5.32 Å². The molecule has 18 heavy (non-hydrogen) atoms. The zero-order chi connectivity index (χ0) is 12.5. The number of aromatic nitrogens is 2. The molecule has 1 aromatic heterocycles. The van der Waals surface area contributed by atoms with E-state index in [1.54, 1.807) is 0 Å². The second-order valence-corrected chi connectivity index (χ2v) is 4.86. The highest BCUT2D eigenvalue weighted by Gasteiger charge is 2.24. The number of nitrogens with one attached hydrogen (secondary N) is 1. The van der Waals surface area contributed by atoms with Crippen LogP contribution in [-0.2, 0) is 13.5 Å². The van der Waals surface area contributed by atoms with Crippen molar-refractivity contribution < 1.29 is 0 Å². The molecule has 1 N–H and O–H groups in total. The van der Waals surface area contributed by atoms with Crippen LogP contribution in [0.2, 0.25) is 0 Å². The largest absolute Gasteiger partial charge is 0.310 e. The lowest BCUT2D eigenvalue weighted by Gasteiger charge is -2.13. The smallest absolute Gasteiger partial charge is 0.0681 e. The highest BCUT2D eigenvalue weighted by atomic mass is 15.3. The summed E-state index contributed by atoms with van der Waals surface area (Å²) in [7, 11) is 2.01. The van der Waals surface area contributed by atoms with Crippen LogP contribution in [0, 0.1) is 0 Å². The Balaban J connectivity index is 2.07. The van der Waals surface area contributed by atoms with Gasteiger partial charge in [-0.2, -0.15) is 5.10 Å². The van der Waals surface area contributed by atoms with Crippen molar-refractivity contribution in [2.45, 2.75) is 25.8 Å². The van der Waals surface area contributed by atoms with Crippen molar-refractivity contribution >= 4 is 0 Å². The van der Waals surface area contributed by atoms with E-state index in [-0.39, 0.29) is 0 Å². The van der Waals surface area contributed by atoms with Gasteiger partial charge in [0.2, 0.25) is 0 Å². The van der Waals surface area contributed by atoms with E-state index in [0.29, 0.717) is 6.04 Å². The van der Waals surface area contributed by atoms with Crippen LogP contribution >= 0.6 is 0 Å². The molecule has 0 fully saturated rings. The standard InChI is InChI=1S/C15H19N3/c1-3-16-14-8-7-11-12(14)5-4-6-13(11)15-9-10-17-18(15)2/h4-6,9-10,14,16H,3,7-8H2,1-2H3. The zero-order valence-corrected chi connectivity index (χ0v) is 11.0. The summed E-state index contributed by atoms with van der Waals surface area (Å²) in [6.07, 6.45) is 4.23. The van der Waals surface area contributed by atoms with Gasteiger partial charge in [-0.15, -0.1) is 0 Å². The number of fused-ring (bicyclic) bond motifs is 1. The van der Waals surface area contributed by atoms with Crippen molar-refractivity contribution in [3.05, 3.63) is 41.6 Å². The first-order valence-electron chi connectivity index (χ1n) is 6.64. The van der Waals surface area contributed by atoms with Gasteiger partial charge < -0.3 is 5.32 Å². The molecule has 1 heterocycles. The molecular formula is C15H19N3. The fourth-order valence-electron chi connectivity index (χ4n) is 2.99. The molecule has 0 amide bonds. The Bertz CT molecular complexity index is 557. The molecule has 1 unspecified atom stereocenters. The maximum absolute atomic E-state index is 4.27. The molecule has 0 radical (unpaired) electrons. The highest BCUT2D eigenvalue weighted by Crippen LogP contribution is 2.37. The molecule has 1 atom stereocenters. The molecular weight excluding hydrogens is 222 g/mol. The molecule has 0 saturated carbocycles. The second kappa shape index (κ2) is 4.58. The van der Waals surface area contributed by atoms with Gasteiger partial charge in [-0.25, -0.2) is 0 Å². The van der Waals surface area contributed by atoms with Crippen molar-refractivity contribution in [3.8, 4) is 11.3 Å². The molecule has 0 bridgehead atoms. The zero-order valence-electron chi connectivity index (χ0n) is 11.0. The van der Waals surface area contributed by atoms with E-state index in [2.05, 4.69) is 41.6 Å². The van der Waals surface area contributed by atoms with Gasteiger partial charge in [0.1, 0.15) is 0 Å². The lowest BCUT2D eigenvalue weighted by atomic mass is 10.00. The molecule has 3 rings (SSSR count). The summed E-state index contributed by atoms with van der Waals surface area (Å²) in [5, 5.41) is 7.84. The summed E-state index contributed by atoms with van der Waals surface area (Å²) in [5.41, 5.74) is 5.51. The highest BCUT2D eigenvalue weighted by molar-refractivity contribution is 5.67.